The summed E-state index contributed by atoms with van der Waals surface area (Å²) in [5, 5.41) is 0. The van der Waals surface area contributed by atoms with Crippen LogP contribution in [0.25, 0.3) is 0 Å². The number of hydrogen-bond donors (Lipinski definition) is 1. The molecule has 1 unspecified atom stereocenters. The predicted molar refractivity (Wildman–Crippen MR) is 26.5 cm³/mol. The van der Waals surface area contributed by atoms with Crippen LogP contribution >= 0.6 is 19.1 Å². The van der Waals surface area contributed by atoms with Gasteiger partial charge in [0, 0.05) is 0 Å². The Bertz CT molecular complexity index is 31.0. The summed E-state index contributed by atoms with van der Waals surface area (Å²) in [4.78, 5) is 0. The lowest BCUT2D eigenvalue weighted by molar-refractivity contribution is 0.603. The van der Waals surface area contributed by atoms with Gasteiger partial charge in [-0.05, 0) is 0 Å². The molecule has 24 valence electrons. The molecule has 0 heterocycles. The van der Waals surface area contributed by atoms with Gasteiger partial charge in [-0.2, -0.15) is 0 Å². The van der Waals surface area contributed by atoms with Gasteiger partial charge >= 0.3 is 0 Å². The van der Waals surface area contributed by atoms with Gasteiger partial charge in [-0.1, -0.05) is 0 Å². The quantitative estimate of drug-likeness (QED) is 0.252. The highest BCUT2D eigenvalue weighted by molar-refractivity contribution is 8.48. The van der Waals surface area contributed by atoms with Gasteiger partial charge in [0.1, 0.15) is 0 Å². The van der Waals surface area contributed by atoms with E-state index in [0.717, 1.165) is 0 Å². The summed E-state index contributed by atoms with van der Waals surface area (Å²) in [5.74, 6) is 0. The normalized spacial score (nSPS) is 15.2. The molecule has 0 spiro atoms. The van der Waals surface area contributed by atoms with Crippen molar-refractivity contribution >= 4 is 26.7 Å². The second kappa shape index (κ2) is 1.92. The van der Waals surface area contributed by atoms with E-state index in [1.807, 2.05) is 0 Å². The van der Waals surface area contributed by atoms with Crippen LogP contribution in [0.1, 0.15) is 0 Å². The highest BCUT2D eigenvalue weighted by atomic mass is 32.7. The molecule has 0 N–H and O–H groups in total. The molecule has 0 aromatic heterocycles. The zero-order chi connectivity index (χ0) is 3.58. The van der Waals surface area contributed by atoms with Gasteiger partial charge in [-0.15, -0.1) is 12.2 Å². The van der Waals surface area contributed by atoms with Crippen LogP contribution in [-0.2, 0) is 4.57 Å². The average Bonchev–Trinajstić information content (AvgIpc) is 0.811. The lowest BCUT2D eigenvalue weighted by Crippen LogP contribution is -1.25. The van der Waals surface area contributed by atoms with E-state index in [4.69, 9.17) is 0 Å². The van der Waals surface area contributed by atoms with Crippen LogP contribution in [0.15, 0.2) is 0 Å². The Balaban J connectivity index is 2.80. The van der Waals surface area contributed by atoms with Crippen molar-refractivity contribution in [1.29, 1.82) is 0 Å². The Labute approximate surface area is 32.1 Å². The predicted octanol–water partition coefficient (Wildman–Crippen LogP) is -0.0610. The Morgan fingerprint density at radius 2 is 2.00 bits per heavy atom. The van der Waals surface area contributed by atoms with Gasteiger partial charge in [0.05, 0.1) is 6.88 Å². The summed E-state index contributed by atoms with van der Waals surface area (Å²) < 4.78 is 9.49. The van der Waals surface area contributed by atoms with E-state index in [9.17, 15) is 4.57 Å². The van der Waals surface area contributed by atoms with E-state index >= 15 is 0 Å². The zero-order valence-electron chi connectivity index (χ0n) is 2.36. The summed E-state index contributed by atoms with van der Waals surface area (Å²) in [6.07, 6.45) is 0. The first-order valence-electron chi connectivity index (χ1n) is 0.928. The molecule has 1 atom stereocenters. The highest BCUT2D eigenvalue weighted by Gasteiger charge is 1.62. The maximum absolute atomic E-state index is 9.49. The van der Waals surface area contributed by atoms with E-state index in [2.05, 4.69) is 12.2 Å². The van der Waals surface area contributed by atoms with Crippen LogP contribution in [0.2, 0.25) is 0 Å². The van der Waals surface area contributed by atoms with Crippen molar-refractivity contribution in [2.75, 3.05) is 0 Å². The monoisotopic (exact) mass is 94.0 g/mol. The smallest absolute Gasteiger partial charge is 0.191 e. The fourth-order valence-corrected chi connectivity index (χ4v) is 0. The van der Waals surface area contributed by atoms with Gasteiger partial charge in [-0.25, -0.2) is 0 Å². The van der Waals surface area contributed by atoms with Crippen molar-refractivity contribution in [2.24, 2.45) is 0 Å². The third-order valence-electron chi connectivity index (χ3n) is 0. The number of rotatable bonds is 0. The van der Waals surface area contributed by atoms with Crippen molar-refractivity contribution in [3.05, 3.63) is 0 Å². The van der Waals surface area contributed by atoms with Crippen molar-refractivity contribution in [3.8, 4) is 0 Å². The number of thiol groups is 1. The molecule has 0 fully saturated rings. The maximum Gasteiger partial charge on any atom is 0.191 e. The standard InChI is InChI=1S/BH4OPS/c1-3(2)4/h3H,1H2,(H,2,4). The Morgan fingerprint density at radius 1 is 2.00 bits per heavy atom. The summed E-state index contributed by atoms with van der Waals surface area (Å²) in [6.45, 7) is -1.44. The molecule has 0 aromatic rings. The van der Waals surface area contributed by atoms with E-state index in [0.29, 0.717) is 0 Å². The maximum atomic E-state index is 9.49. The van der Waals surface area contributed by atoms with Gasteiger partial charge in [0.2, 0.25) is 0 Å². The second-order valence-corrected chi connectivity index (χ2v) is 3.45. The molecule has 0 aromatic carbocycles. The van der Waals surface area contributed by atoms with Crippen LogP contribution in [0.5, 0.6) is 0 Å². The molecule has 0 aliphatic rings. The minimum atomic E-state index is -1.44. The first-order valence-corrected chi connectivity index (χ1v) is 4.12. The molecule has 0 aliphatic carbocycles. The molecule has 0 saturated heterocycles. The minimum absolute atomic E-state index is 1.44. The minimum Gasteiger partial charge on any atom is -0.327 e. The molecule has 0 saturated carbocycles. The van der Waals surface area contributed by atoms with Crippen molar-refractivity contribution in [1.82, 2.24) is 0 Å². The third kappa shape index (κ3) is 17.2. The first-order chi connectivity index (χ1) is 1.73. The SMILES string of the molecule is B[PH](=O)S. The fraction of sp³-hybridized carbons (Fsp3) is 0. The molecule has 0 bridgehead atoms. The Morgan fingerprint density at radius 3 is 2.00 bits per heavy atom. The van der Waals surface area contributed by atoms with E-state index < -0.39 is 6.88 Å². The lowest BCUT2D eigenvalue weighted by Gasteiger charge is -1.58. The molecule has 1 nitrogen and oxygen atoms in total. The van der Waals surface area contributed by atoms with Crippen LogP contribution in [0.3, 0.4) is 0 Å². The average molecular weight is 93.9 g/mol. The van der Waals surface area contributed by atoms with Crippen molar-refractivity contribution in [3.63, 3.8) is 0 Å². The Kier molecular flexibility index (Phi) is 2.23. The van der Waals surface area contributed by atoms with Crippen LogP contribution in [0, 0.1) is 0 Å². The van der Waals surface area contributed by atoms with Gasteiger partial charge in [-0.3, -0.25) is 0 Å². The summed E-state index contributed by atoms with van der Waals surface area (Å²) in [5.41, 5.74) is 0. The molecule has 4 heavy (non-hydrogen) atoms. The summed E-state index contributed by atoms with van der Waals surface area (Å²) >= 11 is 3.51. The van der Waals surface area contributed by atoms with Crippen LogP contribution < -0.4 is 0 Å². The highest BCUT2D eigenvalue weighted by Crippen LogP contribution is 2.15. The molecule has 0 amide bonds. The lowest BCUT2D eigenvalue weighted by atomic mass is 10.8. The van der Waals surface area contributed by atoms with E-state index in [-0.39, 0.29) is 0 Å². The molecule has 0 rings (SSSR count). The summed E-state index contributed by atoms with van der Waals surface area (Å²) in [7, 11) is 1.58. The van der Waals surface area contributed by atoms with Gasteiger partial charge in [0.15, 0.2) is 7.57 Å². The number of hydrogen-bond acceptors (Lipinski definition) is 1. The van der Waals surface area contributed by atoms with Crippen molar-refractivity contribution < 1.29 is 4.57 Å². The van der Waals surface area contributed by atoms with Crippen molar-refractivity contribution in [2.45, 2.75) is 0 Å². The van der Waals surface area contributed by atoms with Crippen LogP contribution in [0.4, 0.5) is 0 Å². The first kappa shape index (κ1) is 4.64. The van der Waals surface area contributed by atoms with E-state index in [1.54, 1.807) is 7.57 Å². The van der Waals surface area contributed by atoms with E-state index in [1.165, 1.54) is 0 Å². The third-order valence-corrected chi connectivity index (χ3v) is 0. The zero-order valence-corrected chi connectivity index (χ0v) is 4.25. The molecule has 0 radical (unpaired) electrons. The topological polar surface area (TPSA) is 17.1 Å². The molecular formula is H4BOPS. The second-order valence-electron chi connectivity index (χ2n) is 0.519. The fourth-order valence-electron chi connectivity index (χ4n) is 0. The molecular weight excluding hydrogens is 89.9 g/mol. The molecule has 4 heteroatoms. The Hall–Kier alpha value is 0.645. The van der Waals surface area contributed by atoms with Gasteiger partial charge < -0.3 is 4.57 Å². The largest absolute Gasteiger partial charge is 0.327 e. The van der Waals surface area contributed by atoms with Crippen LogP contribution in [-0.4, -0.2) is 7.57 Å². The molecule has 0 aliphatic heterocycles. The summed E-state index contributed by atoms with van der Waals surface area (Å²) in [6, 6.07) is 0. The van der Waals surface area contributed by atoms with Gasteiger partial charge in [0.25, 0.3) is 0 Å².